The van der Waals surface area contributed by atoms with E-state index in [0.29, 0.717) is 10.7 Å². The quantitative estimate of drug-likeness (QED) is 0.803. The fourth-order valence-electron chi connectivity index (χ4n) is 1.95. The van der Waals surface area contributed by atoms with Gasteiger partial charge < -0.3 is 20.9 Å². The van der Waals surface area contributed by atoms with Gasteiger partial charge >= 0.3 is 0 Å². The van der Waals surface area contributed by atoms with Gasteiger partial charge in [0.1, 0.15) is 10.7 Å². The molecule has 0 saturated carbocycles. The maximum Gasteiger partial charge on any atom is 0.265 e. The Balaban J connectivity index is 2.09. The number of thiazole rings is 1. The van der Waals surface area contributed by atoms with Gasteiger partial charge in [0, 0.05) is 32.2 Å². The predicted molar refractivity (Wildman–Crippen MR) is 83.4 cm³/mol. The number of piperazine rings is 1. The Hall–Kier alpha value is -1.60. The van der Waals surface area contributed by atoms with Crippen LogP contribution in [0.5, 0.6) is 0 Å². The number of nitrogens with two attached hydrogens (primary N) is 1. The fraction of sp³-hybridized carbons (Fsp3) is 0.538. The lowest BCUT2D eigenvalue weighted by Gasteiger charge is -2.31. The minimum Gasteiger partial charge on any atom is -0.382 e. The molecule has 1 atom stereocenters. The minimum absolute atomic E-state index is 0.0870. The average Bonchev–Trinajstić information content (AvgIpc) is 2.81. The number of carbonyl (C=O) groups excluding carboxylic acids is 1. The first kappa shape index (κ1) is 14.8. The first-order chi connectivity index (χ1) is 9.51. The van der Waals surface area contributed by atoms with Gasteiger partial charge in [0.25, 0.3) is 5.91 Å². The van der Waals surface area contributed by atoms with E-state index in [1.165, 1.54) is 11.3 Å². The van der Waals surface area contributed by atoms with Gasteiger partial charge in [-0.1, -0.05) is 17.4 Å². The molecule has 1 fully saturated rings. The zero-order valence-corrected chi connectivity index (χ0v) is 12.7. The van der Waals surface area contributed by atoms with Gasteiger partial charge in [-0.3, -0.25) is 4.79 Å². The summed E-state index contributed by atoms with van der Waals surface area (Å²) in [5.41, 5.74) is 5.87. The van der Waals surface area contributed by atoms with Crippen LogP contribution in [0.25, 0.3) is 0 Å². The molecule has 20 heavy (non-hydrogen) atoms. The number of nitrogen functional groups attached to an aromatic ring is 1. The van der Waals surface area contributed by atoms with E-state index in [1.54, 1.807) is 6.08 Å². The normalized spacial score (nSPS) is 17.8. The number of likely N-dealkylation sites (N-methyl/N-ethyl adjacent to an activating group) is 1. The van der Waals surface area contributed by atoms with Crippen molar-refractivity contribution in [2.45, 2.75) is 13.0 Å². The maximum atomic E-state index is 12.1. The average molecular weight is 295 g/mol. The van der Waals surface area contributed by atoms with Gasteiger partial charge in [0.2, 0.25) is 0 Å². The van der Waals surface area contributed by atoms with Gasteiger partial charge in [-0.15, -0.1) is 6.58 Å². The van der Waals surface area contributed by atoms with E-state index >= 15 is 0 Å². The molecule has 0 aliphatic carbocycles. The molecule has 1 aromatic heterocycles. The van der Waals surface area contributed by atoms with Crippen molar-refractivity contribution in [3.8, 4) is 0 Å². The number of nitrogens with zero attached hydrogens (tertiary/aromatic N) is 3. The molecular weight excluding hydrogens is 274 g/mol. The van der Waals surface area contributed by atoms with Crippen molar-refractivity contribution in [1.82, 2.24) is 15.2 Å². The second kappa shape index (κ2) is 6.23. The lowest BCUT2D eigenvalue weighted by atomic mass is 10.3. The summed E-state index contributed by atoms with van der Waals surface area (Å²) in [5.74, 6) is 0.116. The van der Waals surface area contributed by atoms with Gasteiger partial charge in [-0.2, -0.15) is 0 Å². The molecule has 1 aromatic rings. The third kappa shape index (κ3) is 3.29. The molecule has 0 aromatic carbocycles. The molecule has 2 heterocycles. The van der Waals surface area contributed by atoms with Crippen LogP contribution in [0.2, 0.25) is 0 Å². The number of hydrogen-bond donors (Lipinski definition) is 2. The molecule has 110 valence electrons. The Labute approximate surface area is 123 Å². The molecular formula is C13H21N5OS. The molecule has 0 bridgehead atoms. The van der Waals surface area contributed by atoms with Crippen LogP contribution in [0.1, 0.15) is 16.6 Å². The number of amides is 1. The highest BCUT2D eigenvalue weighted by Crippen LogP contribution is 2.28. The van der Waals surface area contributed by atoms with Gasteiger partial charge in [-0.05, 0) is 14.0 Å². The second-order valence-corrected chi connectivity index (χ2v) is 5.98. The van der Waals surface area contributed by atoms with Crippen molar-refractivity contribution in [1.29, 1.82) is 0 Å². The van der Waals surface area contributed by atoms with Crippen molar-refractivity contribution in [3.63, 3.8) is 0 Å². The first-order valence-corrected chi connectivity index (χ1v) is 7.46. The van der Waals surface area contributed by atoms with Crippen LogP contribution >= 0.6 is 11.3 Å². The summed E-state index contributed by atoms with van der Waals surface area (Å²) in [6.45, 7) is 9.32. The SMILES string of the molecule is C=CC(C)NC(=O)c1sc(N2CCN(C)CC2)nc1N. The summed E-state index contributed by atoms with van der Waals surface area (Å²) in [7, 11) is 2.10. The maximum absolute atomic E-state index is 12.1. The van der Waals surface area contributed by atoms with Crippen LogP contribution in [0, 0.1) is 0 Å². The third-order valence-electron chi connectivity index (χ3n) is 3.33. The highest BCUT2D eigenvalue weighted by molar-refractivity contribution is 7.18. The number of rotatable bonds is 4. The van der Waals surface area contributed by atoms with Gasteiger partial charge in [0.05, 0.1) is 0 Å². The molecule has 1 amide bonds. The summed E-state index contributed by atoms with van der Waals surface area (Å²) >= 11 is 1.35. The zero-order chi connectivity index (χ0) is 14.7. The summed E-state index contributed by atoms with van der Waals surface area (Å²) in [6.07, 6.45) is 1.68. The Morgan fingerprint density at radius 3 is 2.75 bits per heavy atom. The van der Waals surface area contributed by atoms with Gasteiger partial charge in [0.15, 0.2) is 5.13 Å². The van der Waals surface area contributed by atoms with Gasteiger partial charge in [-0.25, -0.2) is 4.98 Å². The molecule has 0 radical (unpaired) electrons. The van der Waals surface area contributed by atoms with Crippen molar-refractivity contribution in [2.75, 3.05) is 43.9 Å². The fourth-order valence-corrected chi connectivity index (χ4v) is 2.89. The van der Waals surface area contributed by atoms with E-state index < -0.39 is 0 Å². The molecule has 6 nitrogen and oxygen atoms in total. The van der Waals surface area contributed by atoms with Crippen LogP contribution in [0.15, 0.2) is 12.7 Å². The van der Waals surface area contributed by atoms with E-state index in [1.807, 2.05) is 6.92 Å². The van der Waals surface area contributed by atoms with E-state index in [2.05, 4.69) is 33.7 Å². The van der Waals surface area contributed by atoms with Crippen LogP contribution in [-0.2, 0) is 0 Å². The highest BCUT2D eigenvalue weighted by atomic mass is 32.1. The van der Waals surface area contributed by atoms with Crippen molar-refractivity contribution in [2.24, 2.45) is 0 Å². The summed E-state index contributed by atoms with van der Waals surface area (Å²) in [6, 6.07) is -0.0870. The standard InChI is InChI=1S/C13H21N5OS/c1-4-9(2)15-12(19)10-11(14)16-13(20-10)18-7-5-17(3)6-8-18/h4,9H,1,5-8,14H2,2-3H3,(H,15,19). The van der Waals surface area contributed by atoms with Crippen LogP contribution < -0.4 is 16.0 Å². The zero-order valence-electron chi connectivity index (χ0n) is 11.9. The number of anilines is 2. The second-order valence-electron chi connectivity index (χ2n) is 5.00. The monoisotopic (exact) mass is 295 g/mol. The van der Waals surface area contributed by atoms with E-state index in [-0.39, 0.29) is 11.9 Å². The lowest BCUT2D eigenvalue weighted by Crippen LogP contribution is -2.44. The Morgan fingerprint density at radius 2 is 2.15 bits per heavy atom. The Morgan fingerprint density at radius 1 is 1.50 bits per heavy atom. The first-order valence-electron chi connectivity index (χ1n) is 6.64. The Kier molecular flexibility index (Phi) is 4.61. The van der Waals surface area contributed by atoms with Crippen LogP contribution in [0.3, 0.4) is 0 Å². The summed E-state index contributed by atoms with van der Waals surface area (Å²) < 4.78 is 0. The molecule has 0 spiro atoms. The molecule has 2 rings (SSSR count). The molecule has 1 unspecified atom stereocenters. The molecule has 3 N–H and O–H groups in total. The van der Waals surface area contributed by atoms with Crippen molar-refractivity contribution < 1.29 is 4.79 Å². The number of nitrogens with one attached hydrogen (secondary N) is 1. The summed E-state index contributed by atoms with van der Waals surface area (Å²) in [4.78, 5) is 21.3. The number of hydrogen-bond acceptors (Lipinski definition) is 6. The third-order valence-corrected chi connectivity index (χ3v) is 4.47. The molecule has 1 aliphatic rings. The van der Waals surface area contributed by atoms with Crippen molar-refractivity contribution in [3.05, 3.63) is 17.5 Å². The highest BCUT2D eigenvalue weighted by Gasteiger charge is 2.22. The minimum atomic E-state index is -0.187. The predicted octanol–water partition coefficient (Wildman–Crippen LogP) is 0.781. The van der Waals surface area contributed by atoms with Crippen LogP contribution in [0.4, 0.5) is 10.9 Å². The van der Waals surface area contributed by atoms with E-state index in [4.69, 9.17) is 5.73 Å². The van der Waals surface area contributed by atoms with E-state index in [0.717, 1.165) is 31.3 Å². The molecule has 7 heteroatoms. The van der Waals surface area contributed by atoms with Crippen LogP contribution in [-0.4, -0.2) is 55.1 Å². The van der Waals surface area contributed by atoms with E-state index in [9.17, 15) is 4.79 Å². The molecule has 1 aliphatic heterocycles. The Bertz CT molecular complexity index is 493. The largest absolute Gasteiger partial charge is 0.382 e. The van der Waals surface area contributed by atoms with Crippen molar-refractivity contribution >= 4 is 28.2 Å². The smallest absolute Gasteiger partial charge is 0.265 e. The topological polar surface area (TPSA) is 74.5 Å². The molecule has 1 saturated heterocycles. The number of carbonyl (C=O) groups is 1. The number of aromatic nitrogens is 1. The summed E-state index contributed by atoms with van der Waals surface area (Å²) in [5, 5.41) is 3.64. The lowest BCUT2D eigenvalue weighted by molar-refractivity contribution is 0.0951.